The lowest BCUT2D eigenvalue weighted by Gasteiger charge is -2.11. The largest absolute Gasteiger partial charge is 0.454 e. The lowest BCUT2D eigenvalue weighted by Crippen LogP contribution is -2.42. The number of fused-ring (bicyclic) bond motifs is 2. The van der Waals surface area contributed by atoms with Gasteiger partial charge in [-0.05, 0) is 42.1 Å². The Balaban J connectivity index is 1.38. The first kappa shape index (κ1) is 17.0. The summed E-state index contributed by atoms with van der Waals surface area (Å²) in [6, 6.07) is 5.35. The Hall–Kier alpha value is -3.14. The number of carbonyl (C=O) groups excluding carboxylic acids is 1. The second-order valence-electron chi connectivity index (χ2n) is 6.79. The number of amides is 1. The zero-order valence-electron chi connectivity index (χ0n) is 14.7. The minimum atomic E-state index is -0.460. The van der Waals surface area contributed by atoms with Crippen LogP contribution in [0.1, 0.15) is 24.4 Å². The summed E-state index contributed by atoms with van der Waals surface area (Å²) < 4.78 is 17.3. The Kier molecular flexibility index (Phi) is 3.93. The predicted molar refractivity (Wildman–Crippen MR) is 101 cm³/mol. The monoisotopic (exact) mass is 400 g/mol. The standard InChI is InChI=1S/C18H16N4O5S/c23-15(19-6-10-1-4-13-14(5-10)27-9-26-13)7-21-12-8-28-20-16(12)17(24)22(18(21)25)11-2-3-11/h1,4-5,8,11H,2-3,6-7,9H2,(H,19,23). The third-order valence-electron chi connectivity index (χ3n) is 4.84. The number of rotatable bonds is 5. The van der Waals surface area contributed by atoms with Crippen LogP contribution in [0.4, 0.5) is 0 Å². The van der Waals surface area contributed by atoms with Crippen molar-refractivity contribution >= 4 is 28.5 Å². The van der Waals surface area contributed by atoms with Gasteiger partial charge in [-0.15, -0.1) is 0 Å². The zero-order chi connectivity index (χ0) is 19.3. The van der Waals surface area contributed by atoms with Crippen LogP contribution in [-0.2, 0) is 17.9 Å². The number of benzene rings is 1. The normalized spacial score (nSPS) is 15.1. The second-order valence-corrected chi connectivity index (χ2v) is 7.42. The molecule has 9 nitrogen and oxygen atoms in total. The summed E-state index contributed by atoms with van der Waals surface area (Å²) in [4.78, 5) is 37.8. The van der Waals surface area contributed by atoms with Crippen molar-refractivity contribution in [3.63, 3.8) is 0 Å². The summed E-state index contributed by atoms with van der Waals surface area (Å²) in [5, 5.41) is 4.43. The molecule has 1 aromatic carbocycles. The molecule has 0 radical (unpaired) electrons. The molecular formula is C18H16N4O5S. The van der Waals surface area contributed by atoms with Gasteiger partial charge in [0.05, 0.1) is 5.52 Å². The molecule has 1 amide bonds. The molecule has 0 spiro atoms. The van der Waals surface area contributed by atoms with Gasteiger partial charge in [0.1, 0.15) is 6.54 Å². The summed E-state index contributed by atoms with van der Waals surface area (Å²) in [7, 11) is 0. The van der Waals surface area contributed by atoms with Gasteiger partial charge in [0.15, 0.2) is 17.0 Å². The highest BCUT2D eigenvalue weighted by atomic mass is 32.1. The maximum absolute atomic E-state index is 12.8. The van der Waals surface area contributed by atoms with Crippen molar-refractivity contribution in [1.29, 1.82) is 0 Å². The molecule has 3 aromatic rings. The molecule has 1 fully saturated rings. The SMILES string of the molecule is O=C(Cn1c(=O)n(C2CC2)c(=O)c2nscc21)NCc1ccc2c(c1)OCO2. The molecule has 1 aliphatic heterocycles. The van der Waals surface area contributed by atoms with E-state index in [1.165, 1.54) is 9.13 Å². The summed E-state index contributed by atoms with van der Waals surface area (Å²) in [5.41, 5.74) is 0.657. The molecule has 3 heterocycles. The van der Waals surface area contributed by atoms with Crippen LogP contribution < -0.4 is 26.0 Å². The first-order chi connectivity index (χ1) is 13.6. The highest BCUT2D eigenvalue weighted by Gasteiger charge is 2.29. The van der Waals surface area contributed by atoms with Crippen LogP contribution in [0, 0.1) is 0 Å². The lowest BCUT2D eigenvalue weighted by atomic mass is 10.2. The van der Waals surface area contributed by atoms with Crippen molar-refractivity contribution in [2.24, 2.45) is 0 Å². The van der Waals surface area contributed by atoms with Crippen molar-refractivity contribution in [2.75, 3.05) is 6.79 Å². The summed E-state index contributed by atoms with van der Waals surface area (Å²) in [5.74, 6) is 0.995. The lowest BCUT2D eigenvalue weighted by molar-refractivity contribution is -0.121. The van der Waals surface area contributed by atoms with Gasteiger partial charge in [-0.3, -0.25) is 18.7 Å². The smallest absolute Gasteiger partial charge is 0.332 e. The maximum Gasteiger partial charge on any atom is 0.332 e. The third kappa shape index (κ3) is 2.85. The molecule has 5 rings (SSSR count). The van der Waals surface area contributed by atoms with E-state index in [0.29, 0.717) is 17.0 Å². The van der Waals surface area contributed by atoms with Crippen LogP contribution in [0.3, 0.4) is 0 Å². The number of nitrogens with zero attached hydrogens (tertiary/aromatic N) is 3. The van der Waals surface area contributed by atoms with E-state index in [1.807, 2.05) is 12.1 Å². The molecule has 0 saturated heterocycles. The van der Waals surface area contributed by atoms with E-state index in [4.69, 9.17) is 9.47 Å². The van der Waals surface area contributed by atoms with E-state index >= 15 is 0 Å². The van der Waals surface area contributed by atoms with Gasteiger partial charge in [-0.2, -0.15) is 4.37 Å². The highest BCUT2D eigenvalue weighted by molar-refractivity contribution is 7.04. The van der Waals surface area contributed by atoms with Gasteiger partial charge < -0.3 is 14.8 Å². The van der Waals surface area contributed by atoms with E-state index in [9.17, 15) is 14.4 Å². The quantitative estimate of drug-likeness (QED) is 0.685. The Morgan fingerprint density at radius 1 is 1.25 bits per heavy atom. The highest BCUT2D eigenvalue weighted by Crippen LogP contribution is 2.33. The van der Waals surface area contributed by atoms with E-state index < -0.39 is 5.69 Å². The Morgan fingerprint density at radius 2 is 2.07 bits per heavy atom. The van der Waals surface area contributed by atoms with Gasteiger partial charge in [0.25, 0.3) is 5.56 Å². The Labute approximate surface area is 162 Å². The molecule has 0 bridgehead atoms. The van der Waals surface area contributed by atoms with Crippen LogP contribution in [0.5, 0.6) is 11.5 Å². The predicted octanol–water partition coefficient (Wildman–Crippen LogP) is 1.000. The number of hydrogen-bond donors (Lipinski definition) is 1. The van der Waals surface area contributed by atoms with Gasteiger partial charge in [0, 0.05) is 18.0 Å². The molecule has 1 saturated carbocycles. The fourth-order valence-electron chi connectivity index (χ4n) is 3.26. The first-order valence-electron chi connectivity index (χ1n) is 8.86. The van der Waals surface area contributed by atoms with Crippen molar-refractivity contribution in [2.45, 2.75) is 32.0 Å². The third-order valence-corrected chi connectivity index (χ3v) is 5.46. The number of ether oxygens (including phenoxy) is 2. The van der Waals surface area contributed by atoms with Crippen molar-refractivity contribution < 1.29 is 14.3 Å². The maximum atomic E-state index is 12.8. The van der Waals surface area contributed by atoms with Crippen LogP contribution in [0.25, 0.3) is 11.0 Å². The topological polar surface area (TPSA) is 104 Å². The van der Waals surface area contributed by atoms with Gasteiger partial charge in [-0.25, -0.2) is 4.79 Å². The van der Waals surface area contributed by atoms with Crippen molar-refractivity contribution in [3.8, 4) is 11.5 Å². The molecule has 10 heteroatoms. The molecule has 2 aliphatic rings. The minimum absolute atomic E-state index is 0.0888. The van der Waals surface area contributed by atoms with Crippen molar-refractivity contribution in [1.82, 2.24) is 18.8 Å². The van der Waals surface area contributed by atoms with Crippen molar-refractivity contribution in [3.05, 3.63) is 50.0 Å². The van der Waals surface area contributed by atoms with E-state index in [1.54, 1.807) is 11.4 Å². The molecule has 0 unspecified atom stereocenters. The number of hydrogen-bond acceptors (Lipinski definition) is 7. The molecular weight excluding hydrogens is 384 g/mol. The summed E-state index contributed by atoms with van der Waals surface area (Å²) in [6.07, 6.45) is 1.59. The Morgan fingerprint density at radius 3 is 2.89 bits per heavy atom. The summed E-state index contributed by atoms with van der Waals surface area (Å²) in [6.45, 7) is 0.304. The second kappa shape index (κ2) is 6.48. The van der Waals surface area contributed by atoms with Crippen LogP contribution in [0.15, 0.2) is 33.2 Å². The van der Waals surface area contributed by atoms with E-state index in [2.05, 4.69) is 9.69 Å². The van der Waals surface area contributed by atoms with Crippen LogP contribution >= 0.6 is 11.5 Å². The number of aromatic nitrogens is 3. The van der Waals surface area contributed by atoms with E-state index in [-0.39, 0.29) is 42.9 Å². The fraction of sp³-hybridized carbons (Fsp3) is 0.333. The number of nitrogens with one attached hydrogen (secondary N) is 1. The van der Waals surface area contributed by atoms with Gasteiger partial charge in [-0.1, -0.05) is 6.07 Å². The fourth-order valence-corrected chi connectivity index (χ4v) is 3.93. The number of carbonyl (C=O) groups is 1. The minimum Gasteiger partial charge on any atom is -0.454 e. The average molecular weight is 400 g/mol. The Bertz CT molecular complexity index is 1210. The molecule has 144 valence electrons. The first-order valence-corrected chi connectivity index (χ1v) is 9.70. The summed E-state index contributed by atoms with van der Waals surface area (Å²) >= 11 is 1.10. The molecule has 1 N–H and O–H groups in total. The molecule has 0 atom stereocenters. The average Bonchev–Trinajstić information content (AvgIpc) is 3.20. The molecule has 28 heavy (non-hydrogen) atoms. The van der Waals surface area contributed by atoms with Crippen LogP contribution in [-0.4, -0.2) is 26.2 Å². The zero-order valence-corrected chi connectivity index (χ0v) is 15.5. The van der Waals surface area contributed by atoms with E-state index in [0.717, 1.165) is 29.9 Å². The van der Waals surface area contributed by atoms with Gasteiger partial charge >= 0.3 is 5.69 Å². The van der Waals surface area contributed by atoms with Crippen LogP contribution in [0.2, 0.25) is 0 Å². The molecule has 2 aromatic heterocycles. The van der Waals surface area contributed by atoms with Gasteiger partial charge in [0.2, 0.25) is 12.7 Å². The molecule has 1 aliphatic carbocycles.